The van der Waals surface area contributed by atoms with Gasteiger partial charge in [-0.3, -0.25) is 4.40 Å². The van der Waals surface area contributed by atoms with Crippen molar-refractivity contribution in [3.63, 3.8) is 0 Å². The Morgan fingerprint density at radius 3 is 2.39 bits per heavy atom. The van der Waals surface area contributed by atoms with Crippen molar-refractivity contribution < 1.29 is 21.9 Å². The van der Waals surface area contributed by atoms with Crippen molar-refractivity contribution in [3.8, 4) is 5.75 Å². The van der Waals surface area contributed by atoms with Crippen LogP contribution in [0.4, 0.5) is 14.7 Å². The van der Waals surface area contributed by atoms with Crippen LogP contribution >= 0.6 is 0 Å². The van der Waals surface area contributed by atoms with Gasteiger partial charge in [0.1, 0.15) is 5.75 Å². The van der Waals surface area contributed by atoms with Gasteiger partial charge in [-0.25, -0.2) is 13.1 Å². The van der Waals surface area contributed by atoms with E-state index in [9.17, 15) is 17.2 Å². The number of sulfonamides is 1. The standard InChI is InChI=1S/C21H24F2N4O3S/c22-19(23)31(28,29)26-20-25-24-18-6-17(16(10-27(18)20)15-1-2-15)30-11-21-7-12-3-13(8-21)5-14(4-12)9-21/h1,6,10,12-14,19H,2-5,7-9,11H2,(H,25,26). The predicted molar refractivity (Wildman–Crippen MR) is 110 cm³/mol. The quantitative estimate of drug-likeness (QED) is 0.687. The van der Waals surface area contributed by atoms with Crippen molar-refractivity contribution in [3.05, 3.63) is 23.9 Å². The van der Waals surface area contributed by atoms with Crippen molar-refractivity contribution >= 4 is 27.2 Å². The fourth-order valence-corrected chi connectivity index (χ4v) is 6.97. The van der Waals surface area contributed by atoms with Gasteiger partial charge in [-0.2, -0.15) is 8.78 Å². The highest BCUT2D eigenvalue weighted by Gasteiger charge is 2.51. The summed E-state index contributed by atoms with van der Waals surface area (Å²) in [5, 5.41) is 7.71. The van der Waals surface area contributed by atoms with Crippen LogP contribution in [0, 0.1) is 23.2 Å². The largest absolute Gasteiger partial charge is 0.492 e. The summed E-state index contributed by atoms with van der Waals surface area (Å²) in [4.78, 5) is 0. The van der Waals surface area contributed by atoms with Crippen LogP contribution in [-0.4, -0.2) is 35.4 Å². The molecule has 4 saturated carbocycles. The molecule has 0 aromatic carbocycles. The van der Waals surface area contributed by atoms with Crippen LogP contribution in [0.3, 0.4) is 0 Å². The lowest BCUT2D eigenvalue weighted by Crippen LogP contribution is -2.48. The van der Waals surface area contributed by atoms with Crippen molar-refractivity contribution in [2.24, 2.45) is 23.2 Å². The molecule has 4 fully saturated rings. The first-order valence-electron chi connectivity index (χ1n) is 10.8. The molecule has 0 saturated heterocycles. The third-order valence-electron chi connectivity index (χ3n) is 7.43. The number of hydrogen-bond donors (Lipinski definition) is 1. The smallest absolute Gasteiger partial charge is 0.355 e. The Morgan fingerprint density at radius 2 is 1.81 bits per heavy atom. The fraction of sp³-hybridized carbons (Fsp3) is 0.619. The third kappa shape index (κ3) is 3.39. The number of anilines is 1. The van der Waals surface area contributed by atoms with Crippen molar-refractivity contribution in [2.75, 3.05) is 11.3 Å². The van der Waals surface area contributed by atoms with E-state index in [1.165, 1.54) is 42.9 Å². The Morgan fingerprint density at radius 1 is 1.16 bits per heavy atom. The normalized spacial score (nSPS) is 31.3. The van der Waals surface area contributed by atoms with Gasteiger partial charge in [0.25, 0.3) is 10.0 Å². The molecule has 0 unspecified atom stereocenters. The number of rotatable bonds is 7. The van der Waals surface area contributed by atoms with Crippen LogP contribution < -0.4 is 9.46 Å². The van der Waals surface area contributed by atoms with Gasteiger partial charge in [-0.15, -0.1) is 10.2 Å². The van der Waals surface area contributed by atoms with Crippen molar-refractivity contribution in [1.29, 1.82) is 0 Å². The third-order valence-corrected chi connectivity index (χ3v) is 8.36. The van der Waals surface area contributed by atoms with E-state index in [-0.39, 0.29) is 11.4 Å². The van der Waals surface area contributed by atoms with Gasteiger partial charge in [0.15, 0.2) is 5.65 Å². The summed E-state index contributed by atoms with van der Waals surface area (Å²) in [5.74, 6) is -0.596. The molecule has 1 N–H and O–H groups in total. The maximum atomic E-state index is 12.8. The van der Waals surface area contributed by atoms with Crippen molar-refractivity contribution in [1.82, 2.24) is 14.6 Å². The van der Waals surface area contributed by atoms with Gasteiger partial charge >= 0.3 is 5.76 Å². The summed E-state index contributed by atoms with van der Waals surface area (Å²) in [6.45, 7) is 0.673. The Balaban J connectivity index is 1.29. The number of pyridine rings is 1. The Labute approximate surface area is 178 Å². The lowest BCUT2D eigenvalue weighted by molar-refractivity contribution is -0.0745. The van der Waals surface area contributed by atoms with Gasteiger partial charge in [0, 0.05) is 23.2 Å². The highest BCUT2D eigenvalue weighted by atomic mass is 32.2. The average Bonchev–Trinajstić information content (AvgIpc) is 3.47. The number of allylic oxidation sites excluding steroid dienone is 2. The van der Waals surface area contributed by atoms with E-state index < -0.39 is 15.8 Å². The fourth-order valence-electron chi connectivity index (χ4n) is 6.49. The lowest BCUT2D eigenvalue weighted by atomic mass is 9.50. The first kappa shape index (κ1) is 19.5. The van der Waals surface area contributed by atoms with E-state index >= 15 is 0 Å². The van der Waals surface area contributed by atoms with E-state index in [0.717, 1.165) is 35.3 Å². The summed E-state index contributed by atoms with van der Waals surface area (Å²) in [5.41, 5.74) is 2.51. The van der Waals surface area contributed by atoms with E-state index in [0.29, 0.717) is 18.0 Å². The number of nitrogens with zero attached hydrogens (tertiary/aromatic N) is 3. The monoisotopic (exact) mass is 450 g/mol. The molecule has 0 amide bonds. The number of aromatic nitrogens is 3. The molecule has 31 heavy (non-hydrogen) atoms. The summed E-state index contributed by atoms with van der Waals surface area (Å²) in [6.07, 6.45) is 12.4. The second-order valence-corrected chi connectivity index (χ2v) is 11.5. The number of hydrogen-bond acceptors (Lipinski definition) is 5. The van der Waals surface area contributed by atoms with Crippen LogP contribution in [0.5, 0.6) is 5.75 Å². The van der Waals surface area contributed by atoms with Crippen LogP contribution in [0.2, 0.25) is 0 Å². The highest BCUT2D eigenvalue weighted by Crippen LogP contribution is 2.60. The second kappa shape index (κ2) is 6.63. The first-order valence-corrected chi connectivity index (χ1v) is 12.4. The Bertz CT molecular complexity index is 1160. The molecule has 2 aromatic heterocycles. The van der Waals surface area contributed by atoms with E-state index in [1.807, 2.05) is 10.8 Å². The maximum Gasteiger partial charge on any atom is 0.355 e. The molecule has 5 aliphatic carbocycles. The SMILES string of the molecule is O=S(=O)(Nc1nnc2cc(OCC34CC5CC(CC(C5)C3)C4)c(C3=CC3)cn12)C(F)F. The number of nitrogens with one attached hydrogen (secondary N) is 1. The van der Waals surface area contributed by atoms with Crippen LogP contribution in [0.25, 0.3) is 11.2 Å². The zero-order valence-electron chi connectivity index (χ0n) is 16.9. The topological polar surface area (TPSA) is 85.6 Å². The molecule has 2 aromatic rings. The number of fused-ring (bicyclic) bond motifs is 1. The van der Waals surface area contributed by atoms with Crippen molar-refractivity contribution in [2.45, 2.75) is 50.7 Å². The molecule has 4 bridgehead atoms. The van der Waals surface area contributed by atoms with Gasteiger partial charge in [-0.05, 0) is 68.3 Å². The highest BCUT2D eigenvalue weighted by molar-refractivity contribution is 7.92. The molecule has 166 valence electrons. The molecule has 0 radical (unpaired) electrons. The predicted octanol–water partition coefficient (Wildman–Crippen LogP) is 4.08. The summed E-state index contributed by atoms with van der Waals surface area (Å²) in [7, 11) is -4.83. The number of alkyl halides is 2. The number of ether oxygens (including phenoxy) is 1. The minimum absolute atomic E-state index is 0.252. The van der Waals surface area contributed by atoms with E-state index in [4.69, 9.17) is 4.74 Å². The van der Waals surface area contributed by atoms with Gasteiger partial charge in [-0.1, -0.05) is 6.08 Å². The average molecular weight is 451 g/mol. The van der Waals surface area contributed by atoms with Crippen LogP contribution in [0.1, 0.15) is 50.5 Å². The van der Waals surface area contributed by atoms with Gasteiger partial charge in [0.2, 0.25) is 5.95 Å². The first-order chi connectivity index (χ1) is 14.8. The lowest BCUT2D eigenvalue weighted by Gasteiger charge is -2.56. The zero-order valence-corrected chi connectivity index (χ0v) is 17.7. The summed E-state index contributed by atoms with van der Waals surface area (Å²) in [6, 6.07) is 1.72. The molecule has 7 nitrogen and oxygen atoms in total. The molecule has 5 aliphatic rings. The van der Waals surface area contributed by atoms with Gasteiger partial charge in [0.05, 0.1) is 6.61 Å². The molecule has 0 atom stereocenters. The zero-order chi connectivity index (χ0) is 21.4. The molecule has 0 spiro atoms. The number of halogens is 2. The molecule has 2 heterocycles. The second-order valence-electron chi connectivity index (χ2n) is 9.85. The van der Waals surface area contributed by atoms with Crippen LogP contribution in [0.15, 0.2) is 18.3 Å². The van der Waals surface area contributed by atoms with E-state index in [1.54, 1.807) is 12.3 Å². The summed E-state index contributed by atoms with van der Waals surface area (Å²) < 4.78 is 58.3. The minimum Gasteiger partial charge on any atom is -0.492 e. The summed E-state index contributed by atoms with van der Waals surface area (Å²) >= 11 is 0. The molecule has 0 aliphatic heterocycles. The molecular weight excluding hydrogens is 426 g/mol. The van der Waals surface area contributed by atoms with Crippen LogP contribution in [-0.2, 0) is 10.0 Å². The maximum absolute atomic E-state index is 12.8. The molecular formula is C21H24F2N4O3S. The Kier molecular flexibility index (Phi) is 4.16. The minimum atomic E-state index is -4.83. The molecule has 7 rings (SSSR count). The van der Waals surface area contributed by atoms with Gasteiger partial charge < -0.3 is 4.74 Å². The molecule has 10 heteroatoms. The van der Waals surface area contributed by atoms with E-state index in [2.05, 4.69) is 10.2 Å². The Hall–Kier alpha value is -2.23.